The Morgan fingerprint density at radius 1 is 1.24 bits per heavy atom. The number of nitrogens with one attached hydrogen (secondary N) is 1. The second-order valence-electron chi connectivity index (χ2n) is 6.10. The molecule has 1 saturated heterocycles. The third-order valence-corrected chi connectivity index (χ3v) is 4.47. The molecule has 134 valence electrons. The average Bonchev–Trinajstić information content (AvgIpc) is 2.67. The van der Waals surface area contributed by atoms with Crippen LogP contribution in [0.25, 0.3) is 10.9 Å². The Balaban J connectivity index is 1.52. The van der Waals surface area contributed by atoms with Crippen molar-refractivity contribution >= 4 is 22.6 Å². The van der Waals surface area contributed by atoms with Crippen molar-refractivity contribution in [3.63, 3.8) is 0 Å². The lowest BCUT2D eigenvalue weighted by Gasteiger charge is -2.32. The summed E-state index contributed by atoms with van der Waals surface area (Å²) in [4.78, 5) is 23.2. The van der Waals surface area contributed by atoms with E-state index >= 15 is 0 Å². The van der Waals surface area contributed by atoms with Crippen LogP contribution >= 0.6 is 0 Å². The molecule has 25 heavy (non-hydrogen) atoms. The second kappa shape index (κ2) is 8.73. The highest BCUT2D eigenvalue weighted by Crippen LogP contribution is 2.27. The van der Waals surface area contributed by atoms with Crippen LogP contribution in [0.1, 0.15) is 12.8 Å². The molecule has 0 spiro atoms. The smallest absolute Gasteiger partial charge is 0.223 e. The molecule has 2 heterocycles. The number of para-hydroxylation sites is 1. The predicted octanol–water partition coefficient (Wildman–Crippen LogP) is 0.971. The molecule has 0 radical (unpaired) electrons. The molecule has 1 aliphatic rings. The molecule has 3 rings (SSSR count). The monoisotopic (exact) mass is 344 g/mol. The number of anilines is 1. The van der Waals surface area contributed by atoms with E-state index in [1.807, 2.05) is 24.3 Å². The first-order valence-corrected chi connectivity index (χ1v) is 8.70. The van der Waals surface area contributed by atoms with Crippen molar-refractivity contribution in [2.45, 2.75) is 12.8 Å². The standard InChI is InChI=1S/C18H24N4O3/c23-10-12-25-11-7-19-18(24)14-5-8-22(9-6-14)17-15-3-1-2-4-16(15)20-13-21-17/h1-4,13-14,23H,5-12H2,(H,19,24). The molecule has 0 bridgehead atoms. The maximum atomic E-state index is 12.2. The number of benzene rings is 1. The van der Waals surface area contributed by atoms with Crippen LogP contribution in [0.3, 0.4) is 0 Å². The van der Waals surface area contributed by atoms with Crippen LogP contribution in [-0.2, 0) is 9.53 Å². The summed E-state index contributed by atoms with van der Waals surface area (Å²) in [6.07, 6.45) is 3.21. The van der Waals surface area contributed by atoms with Crippen molar-refractivity contribution in [1.82, 2.24) is 15.3 Å². The third kappa shape index (κ3) is 4.43. The minimum Gasteiger partial charge on any atom is -0.394 e. The predicted molar refractivity (Wildman–Crippen MR) is 95.4 cm³/mol. The van der Waals surface area contributed by atoms with Gasteiger partial charge in [-0.3, -0.25) is 4.79 Å². The summed E-state index contributed by atoms with van der Waals surface area (Å²) < 4.78 is 5.15. The Kier molecular flexibility index (Phi) is 6.14. The van der Waals surface area contributed by atoms with Crippen molar-refractivity contribution in [2.75, 3.05) is 44.4 Å². The van der Waals surface area contributed by atoms with E-state index in [1.165, 1.54) is 0 Å². The molecule has 0 unspecified atom stereocenters. The zero-order valence-corrected chi connectivity index (χ0v) is 14.2. The van der Waals surface area contributed by atoms with Gasteiger partial charge in [0.05, 0.1) is 25.3 Å². The topological polar surface area (TPSA) is 87.6 Å². The van der Waals surface area contributed by atoms with Crippen molar-refractivity contribution in [3.05, 3.63) is 30.6 Å². The lowest BCUT2D eigenvalue weighted by molar-refractivity contribution is -0.125. The minimum atomic E-state index is 0.00410. The molecule has 1 fully saturated rings. The molecule has 1 amide bonds. The van der Waals surface area contributed by atoms with Gasteiger partial charge in [-0.1, -0.05) is 12.1 Å². The zero-order chi connectivity index (χ0) is 17.5. The van der Waals surface area contributed by atoms with Crippen LogP contribution in [0.4, 0.5) is 5.82 Å². The van der Waals surface area contributed by atoms with Crippen molar-refractivity contribution in [3.8, 4) is 0 Å². The number of piperidine rings is 1. The highest BCUT2D eigenvalue weighted by molar-refractivity contribution is 5.89. The number of aliphatic hydroxyl groups excluding tert-OH is 1. The average molecular weight is 344 g/mol. The number of fused-ring (bicyclic) bond motifs is 1. The molecule has 0 aliphatic carbocycles. The Bertz CT molecular complexity index is 696. The fraction of sp³-hybridized carbons (Fsp3) is 0.500. The van der Waals surface area contributed by atoms with Crippen LogP contribution in [0, 0.1) is 5.92 Å². The van der Waals surface area contributed by atoms with E-state index in [1.54, 1.807) is 6.33 Å². The van der Waals surface area contributed by atoms with Gasteiger partial charge in [-0.05, 0) is 25.0 Å². The Morgan fingerprint density at radius 3 is 2.84 bits per heavy atom. The lowest BCUT2D eigenvalue weighted by atomic mass is 9.95. The summed E-state index contributed by atoms with van der Waals surface area (Å²) >= 11 is 0. The molecular formula is C18H24N4O3. The number of hydrogen-bond donors (Lipinski definition) is 2. The van der Waals surface area contributed by atoms with Gasteiger partial charge in [0, 0.05) is 30.9 Å². The van der Waals surface area contributed by atoms with Crippen LogP contribution in [0.5, 0.6) is 0 Å². The number of rotatable bonds is 7. The number of nitrogens with zero attached hydrogens (tertiary/aromatic N) is 3. The number of aromatic nitrogens is 2. The van der Waals surface area contributed by atoms with E-state index in [2.05, 4.69) is 20.2 Å². The first-order valence-electron chi connectivity index (χ1n) is 8.70. The Labute approximate surface area is 147 Å². The first kappa shape index (κ1) is 17.6. The van der Waals surface area contributed by atoms with Crippen LogP contribution in [-0.4, -0.2) is 60.4 Å². The summed E-state index contributed by atoms with van der Waals surface area (Å²) in [5.41, 5.74) is 0.940. The fourth-order valence-electron chi connectivity index (χ4n) is 3.15. The summed E-state index contributed by atoms with van der Waals surface area (Å²) in [6, 6.07) is 7.99. The maximum Gasteiger partial charge on any atom is 0.223 e. The number of carbonyl (C=O) groups is 1. The van der Waals surface area contributed by atoms with Gasteiger partial charge in [0.25, 0.3) is 0 Å². The van der Waals surface area contributed by atoms with Gasteiger partial charge in [0.1, 0.15) is 12.1 Å². The summed E-state index contributed by atoms with van der Waals surface area (Å²) in [5, 5.41) is 12.6. The summed E-state index contributed by atoms with van der Waals surface area (Å²) in [5.74, 6) is 1.06. The highest BCUT2D eigenvalue weighted by atomic mass is 16.5. The van der Waals surface area contributed by atoms with Gasteiger partial charge in [0.2, 0.25) is 5.91 Å². The van der Waals surface area contributed by atoms with Crippen LogP contribution in [0.15, 0.2) is 30.6 Å². The minimum absolute atomic E-state index is 0.00410. The molecule has 0 atom stereocenters. The molecule has 2 N–H and O–H groups in total. The van der Waals surface area contributed by atoms with E-state index in [0.717, 1.165) is 42.7 Å². The summed E-state index contributed by atoms with van der Waals surface area (Å²) in [6.45, 7) is 2.83. The van der Waals surface area contributed by atoms with Gasteiger partial charge in [-0.2, -0.15) is 0 Å². The lowest BCUT2D eigenvalue weighted by Crippen LogP contribution is -2.41. The van der Waals surface area contributed by atoms with Gasteiger partial charge in [-0.25, -0.2) is 9.97 Å². The molecule has 1 aromatic heterocycles. The van der Waals surface area contributed by atoms with Crippen molar-refractivity contribution in [1.29, 1.82) is 0 Å². The molecule has 1 aliphatic heterocycles. The van der Waals surface area contributed by atoms with E-state index < -0.39 is 0 Å². The number of ether oxygens (including phenoxy) is 1. The number of aliphatic hydroxyl groups is 1. The van der Waals surface area contributed by atoms with Gasteiger partial charge in [-0.15, -0.1) is 0 Å². The van der Waals surface area contributed by atoms with Crippen molar-refractivity contribution < 1.29 is 14.6 Å². The van der Waals surface area contributed by atoms with E-state index in [9.17, 15) is 4.79 Å². The molecule has 7 nitrogen and oxygen atoms in total. The Morgan fingerprint density at radius 2 is 2.04 bits per heavy atom. The number of carbonyl (C=O) groups excluding carboxylic acids is 1. The highest BCUT2D eigenvalue weighted by Gasteiger charge is 2.26. The number of amides is 1. The number of hydrogen-bond acceptors (Lipinski definition) is 6. The normalized spacial score (nSPS) is 15.5. The first-order chi connectivity index (χ1) is 12.3. The van der Waals surface area contributed by atoms with Crippen molar-refractivity contribution in [2.24, 2.45) is 5.92 Å². The van der Waals surface area contributed by atoms with E-state index in [4.69, 9.17) is 9.84 Å². The molecule has 2 aromatic rings. The zero-order valence-electron chi connectivity index (χ0n) is 14.2. The van der Waals surface area contributed by atoms with Gasteiger partial charge in [0.15, 0.2) is 0 Å². The Hall–Kier alpha value is -2.25. The van der Waals surface area contributed by atoms with E-state index in [0.29, 0.717) is 19.8 Å². The quantitative estimate of drug-likeness (QED) is 0.728. The largest absolute Gasteiger partial charge is 0.394 e. The van der Waals surface area contributed by atoms with Gasteiger partial charge < -0.3 is 20.1 Å². The molecule has 0 saturated carbocycles. The fourth-order valence-corrected chi connectivity index (χ4v) is 3.15. The summed E-state index contributed by atoms with van der Waals surface area (Å²) in [7, 11) is 0. The molecule has 1 aromatic carbocycles. The van der Waals surface area contributed by atoms with Crippen LogP contribution in [0.2, 0.25) is 0 Å². The third-order valence-electron chi connectivity index (χ3n) is 4.47. The van der Waals surface area contributed by atoms with Crippen LogP contribution < -0.4 is 10.2 Å². The molecule has 7 heteroatoms. The second-order valence-corrected chi connectivity index (χ2v) is 6.10. The maximum absolute atomic E-state index is 12.2. The molecular weight excluding hydrogens is 320 g/mol. The SMILES string of the molecule is O=C(NCCOCCO)C1CCN(c2ncnc3ccccc23)CC1. The van der Waals surface area contributed by atoms with Gasteiger partial charge >= 0.3 is 0 Å². The van der Waals surface area contributed by atoms with E-state index in [-0.39, 0.29) is 18.4 Å².